The van der Waals surface area contributed by atoms with Crippen LogP contribution in [-0.2, 0) is 17.9 Å². The van der Waals surface area contributed by atoms with Crippen molar-refractivity contribution in [1.82, 2.24) is 24.5 Å². The molecule has 0 saturated carbocycles. The van der Waals surface area contributed by atoms with Gasteiger partial charge < -0.3 is 10.6 Å². The van der Waals surface area contributed by atoms with E-state index >= 15 is 0 Å². The van der Waals surface area contributed by atoms with E-state index in [0.717, 1.165) is 17.8 Å². The SMILES string of the molecule is CCn1cc(CN(C)C(=O)C(C)n2ccc(N)n2)c(C)n1. The highest BCUT2D eigenvalue weighted by atomic mass is 16.2. The van der Waals surface area contributed by atoms with E-state index in [0.29, 0.717) is 12.4 Å². The van der Waals surface area contributed by atoms with E-state index in [1.165, 1.54) is 0 Å². The number of hydrogen-bond acceptors (Lipinski definition) is 4. The van der Waals surface area contributed by atoms with Crippen LogP contribution in [-0.4, -0.2) is 37.4 Å². The third-order valence-corrected chi connectivity index (χ3v) is 3.54. The Kier molecular flexibility index (Phi) is 4.30. The molecule has 21 heavy (non-hydrogen) atoms. The van der Waals surface area contributed by atoms with E-state index in [9.17, 15) is 4.79 Å². The first-order valence-electron chi connectivity index (χ1n) is 7.01. The van der Waals surface area contributed by atoms with Gasteiger partial charge in [-0.15, -0.1) is 0 Å². The monoisotopic (exact) mass is 290 g/mol. The predicted octanol–water partition coefficient (Wildman–Crippen LogP) is 1.21. The van der Waals surface area contributed by atoms with Gasteiger partial charge in [-0.05, 0) is 26.8 Å². The van der Waals surface area contributed by atoms with Gasteiger partial charge in [-0.1, -0.05) is 0 Å². The smallest absolute Gasteiger partial charge is 0.247 e. The third kappa shape index (κ3) is 3.24. The van der Waals surface area contributed by atoms with Gasteiger partial charge in [-0.3, -0.25) is 14.2 Å². The van der Waals surface area contributed by atoms with Crippen molar-refractivity contribution in [3.8, 4) is 0 Å². The van der Waals surface area contributed by atoms with Crippen LogP contribution in [0.1, 0.15) is 31.1 Å². The van der Waals surface area contributed by atoms with Crippen LogP contribution < -0.4 is 5.73 Å². The van der Waals surface area contributed by atoms with Crippen molar-refractivity contribution in [3.05, 3.63) is 29.7 Å². The lowest BCUT2D eigenvalue weighted by Crippen LogP contribution is -2.33. The van der Waals surface area contributed by atoms with Crippen molar-refractivity contribution in [2.24, 2.45) is 0 Å². The standard InChI is InChI=1S/C14H22N6O/c1-5-19-9-12(10(2)16-19)8-18(4)14(21)11(3)20-7-6-13(15)17-20/h6-7,9,11H,5,8H2,1-4H3,(H2,15,17). The quantitative estimate of drug-likeness (QED) is 0.897. The van der Waals surface area contributed by atoms with Crippen molar-refractivity contribution in [3.63, 3.8) is 0 Å². The minimum Gasteiger partial charge on any atom is -0.382 e. The van der Waals surface area contributed by atoms with Gasteiger partial charge in [0.15, 0.2) is 0 Å². The minimum absolute atomic E-state index is 0.0123. The molecular weight excluding hydrogens is 268 g/mol. The Morgan fingerprint density at radius 1 is 1.48 bits per heavy atom. The number of anilines is 1. The number of likely N-dealkylation sites (N-methyl/N-ethyl adjacent to an activating group) is 1. The number of amides is 1. The summed E-state index contributed by atoms with van der Waals surface area (Å²) in [7, 11) is 1.79. The Morgan fingerprint density at radius 2 is 2.19 bits per heavy atom. The first-order valence-corrected chi connectivity index (χ1v) is 7.01. The summed E-state index contributed by atoms with van der Waals surface area (Å²) in [5, 5.41) is 8.48. The molecule has 0 radical (unpaired) electrons. The zero-order valence-corrected chi connectivity index (χ0v) is 12.9. The maximum absolute atomic E-state index is 12.4. The number of hydrogen-bond donors (Lipinski definition) is 1. The molecule has 2 rings (SSSR count). The summed E-state index contributed by atoms with van der Waals surface area (Å²) in [6, 6.07) is 1.30. The fraction of sp³-hybridized carbons (Fsp3) is 0.500. The van der Waals surface area contributed by atoms with Gasteiger partial charge in [0.25, 0.3) is 0 Å². The first-order chi connectivity index (χ1) is 9.92. The number of nitrogen functional groups attached to an aromatic ring is 1. The molecule has 0 spiro atoms. The van der Waals surface area contributed by atoms with Crippen molar-refractivity contribution in [2.45, 2.75) is 39.9 Å². The molecule has 2 aromatic rings. The van der Waals surface area contributed by atoms with Gasteiger partial charge in [0, 0.05) is 38.1 Å². The van der Waals surface area contributed by atoms with Gasteiger partial charge >= 0.3 is 0 Å². The highest BCUT2D eigenvalue weighted by Gasteiger charge is 2.21. The van der Waals surface area contributed by atoms with Crippen LogP contribution in [0.4, 0.5) is 5.82 Å². The van der Waals surface area contributed by atoms with E-state index in [1.54, 1.807) is 28.9 Å². The van der Waals surface area contributed by atoms with E-state index in [4.69, 9.17) is 5.73 Å². The average Bonchev–Trinajstić information content (AvgIpc) is 3.04. The number of nitrogens with two attached hydrogens (primary N) is 1. The third-order valence-electron chi connectivity index (χ3n) is 3.54. The molecule has 2 aromatic heterocycles. The van der Waals surface area contributed by atoms with E-state index in [-0.39, 0.29) is 11.9 Å². The summed E-state index contributed by atoms with van der Waals surface area (Å²) >= 11 is 0. The number of carbonyl (C=O) groups excluding carboxylic acids is 1. The van der Waals surface area contributed by atoms with E-state index in [2.05, 4.69) is 10.2 Å². The predicted molar refractivity (Wildman–Crippen MR) is 80.5 cm³/mol. The van der Waals surface area contributed by atoms with Crippen LogP contribution in [0.15, 0.2) is 18.5 Å². The molecular formula is C14H22N6O. The lowest BCUT2D eigenvalue weighted by molar-refractivity contribution is -0.133. The molecule has 0 aliphatic carbocycles. The van der Waals surface area contributed by atoms with E-state index < -0.39 is 0 Å². The van der Waals surface area contributed by atoms with Crippen molar-refractivity contribution in [1.29, 1.82) is 0 Å². The second kappa shape index (κ2) is 5.99. The number of rotatable bonds is 5. The Balaban J connectivity index is 2.06. The van der Waals surface area contributed by atoms with Crippen LogP contribution in [0, 0.1) is 6.92 Å². The molecule has 7 nitrogen and oxygen atoms in total. The zero-order chi connectivity index (χ0) is 15.6. The Hall–Kier alpha value is -2.31. The molecule has 2 N–H and O–H groups in total. The Morgan fingerprint density at radius 3 is 2.71 bits per heavy atom. The topological polar surface area (TPSA) is 82.0 Å². The fourth-order valence-corrected chi connectivity index (χ4v) is 2.21. The van der Waals surface area contributed by atoms with Gasteiger partial charge in [0.2, 0.25) is 5.91 Å². The van der Waals surface area contributed by atoms with Crippen LogP contribution in [0.2, 0.25) is 0 Å². The maximum atomic E-state index is 12.4. The van der Waals surface area contributed by atoms with Crippen LogP contribution >= 0.6 is 0 Å². The van der Waals surface area contributed by atoms with Crippen LogP contribution in [0.3, 0.4) is 0 Å². The lowest BCUT2D eigenvalue weighted by atomic mass is 10.2. The highest BCUT2D eigenvalue weighted by Crippen LogP contribution is 2.14. The molecule has 1 unspecified atom stereocenters. The van der Waals surface area contributed by atoms with Crippen LogP contribution in [0.5, 0.6) is 0 Å². The molecule has 7 heteroatoms. The molecule has 1 atom stereocenters. The Labute approximate surface area is 124 Å². The molecule has 0 aliphatic rings. The van der Waals surface area contributed by atoms with Gasteiger partial charge in [-0.25, -0.2) is 0 Å². The Bertz CT molecular complexity index is 629. The normalized spacial score (nSPS) is 12.4. The molecule has 0 aromatic carbocycles. The summed E-state index contributed by atoms with van der Waals surface area (Å²) in [6.45, 7) is 7.16. The molecule has 2 heterocycles. The summed E-state index contributed by atoms with van der Waals surface area (Å²) < 4.78 is 3.46. The molecule has 0 saturated heterocycles. The average molecular weight is 290 g/mol. The highest BCUT2D eigenvalue weighted by molar-refractivity contribution is 5.79. The lowest BCUT2D eigenvalue weighted by Gasteiger charge is -2.21. The van der Waals surface area contributed by atoms with Gasteiger partial charge in [0.1, 0.15) is 11.9 Å². The maximum Gasteiger partial charge on any atom is 0.247 e. The fourth-order valence-electron chi connectivity index (χ4n) is 2.21. The van der Waals surface area contributed by atoms with Gasteiger partial charge in [0.05, 0.1) is 5.69 Å². The zero-order valence-electron chi connectivity index (χ0n) is 12.9. The molecule has 0 aliphatic heterocycles. The van der Waals surface area contributed by atoms with E-state index in [1.807, 2.05) is 31.6 Å². The van der Waals surface area contributed by atoms with Crippen LogP contribution in [0.25, 0.3) is 0 Å². The summed E-state index contributed by atoms with van der Waals surface area (Å²) in [5.41, 5.74) is 7.59. The minimum atomic E-state index is -0.381. The van der Waals surface area contributed by atoms with Crippen molar-refractivity contribution < 1.29 is 4.79 Å². The molecule has 1 amide bonds. The summed E-state index contributed by atoms with van der Waals surface area (Å²) in [6.07, 6.45) is 3.70. The number of carbonyl (C=O) groups is 1. The molecule has 0 fully saturated rings. The number of aryl methyl sites for hydroxylation is 2. The summed E-state index contributed by atoms with van der Waals surface area (Å²) in [4.78, 5) is 14.1. The second-order valence-corrected chi connectivity index (χ2v) is 5.19. The number of nitrogens with zero attached hydrogens (tertiary/aromatic N) is 5. The molecule has 114 valence electrons. The summed E-state index contributed by atoms with van der Waals surface area (Å²) in [5.74, 6) is 0.402. The first kappa shape index (κ1) is 15.1. The number of aromatic nitrogens is 4. The van der Waals surface area contributed by atoms with Crippen molar-refractivity contribution >= 4 is 11.7 Å². The second-order valence-electron chi connectivity index (χ2n) is 5.19. The van der Waals surface area contributed by atoms with Gasteiger partial charge in [-0.2, -0.15) is 10.2 Å². The molecule has 0 bridgehead atoms. The van der Waals surface area contributed by atoms with Crippen molar-refractivity contribution in [2.75, 3.05) is 12.8 Å². The largest absolute Gasteiger partial charge is 0.382 e.